The molecule has 140 valence electrons. The summed E-state index contributed by atoms with van der Waals surface area (Å²) in [5.74, 6) is -0.209. The summed E-state index contributed by atoms with van der Waals surface area (Å²) in [7, 11) is 0. The molecular weight excluding hydrogens is 364 g/mol. The maximum absolute atomic E-state index is 11.0. The summed E-state index contributed by atoms with van der Waals surface area (Å²) in [6, 6.07) is 0. The van der Waals surface area contributed by atoms with Gasteiger partial charge in [0.1, 0.15) is 13.2 Å². The summed E-state index contributed by atoms with van der Waals surface area (Å²) >= 11 is 10.3. The van der Waals surface area contributed by atoms with Crippen molar-refractivity contribution in [3.05, 3.63) is 0 Å². The summed E-state index contributed by atoms with van der Waals surface area (Å²) in [6.07, 6.45) is 2.33. The fourth-order valence-corrected chi connectivity index (χ4v) is 2.69. The second kappa shape index (κ2) is 10.3. The van der Waals surface area contributed by atoms with E-state index in [-0.39, 0.29) is 23.8 Å². The highest BCUT2D eigenvalue weighted by Crippen LogP contribution is 2.15. The Bertz CT molecular complexity index is 474. The zero-order valence-electron chi connectivity index (χ0n) is 14.0. The quantitative estimate of drug-likeness (QED) is 0.221. The zero-order chi connectivity index (χ0) is 18.1. The van der Waals surface area contributed by atoms with Gasteiger partial charge >= 0.3 is 11.9 Å². The van der Waals surface area contributed by atoms with E-state index in [1.165, 1.54) is 0 Å². The largest absolute Gasteiger partial charge is 0.464 e. The van der Waals surface area contributed by atoms with Crippen LogP contribution >= 0.6 is 24.4 Å². The monoisotopic (exact) mass is 388 g/mol. The Kier molecular flexibility index (Phi) is 8.13. The average molecular weight is 389 g/mol. The molecule has 2 unspecified atom stereocenters. The van der Waals surface area contributed by atoms with Gasteiger partial charge < -0.3 is 30.7 Å². The maximum Gasteiger partial charge on any atom is 0.312 e. The fourth-order valence-electron chi connectivity index (χ4n) is 2.28. The Morgan fingerprint density at radius 2 is 1.20 bits per heavy atom. The number of rotatable bonds is 10. The van der Waals surface area contributed by atoms with Crippen LogP contribution in [0.3, 0.4) is 0 Å². The Morgan fingerprint density at radius 3 is 1.52 bits per heavy atom. The van der Waals surface area contributed by atoms with Gasteiger partial charge in [-0.1, -0.05) is 0 Å². The van der Waals surface area contributed by atoms with Gasteiger partial charge in [0.25, 0.3) is 0 Å². The van der Waals surface area contributed by atoms with Crippen LogP contribution in [0, 0.1) is 11.8 Å². The van der Waals surface area contributed by atoms with E-state index in [1.54, 1.807) is 0 Å². The SMILES string of the molecule is O=C1OCC1CCNC(=S)NCCCNC(=S)NCCC1COC1=O. The first-order chi connectivity index (χ1) is 12.1. The van der Waals surface area contributed by atoms with Crippen LogP contribution < -0.4 is 21.3 Å². The van der Waals surface area contributed by atoms with Crippen molar-refractivity contribution in [2.24, 2.45) is 11.8 Å². The lowest BCUT2D eigenvalue weighted by Gasteiger charge is -2.24. The Hall–Kier alpha value is -1.68. The van der Waals surface area contributed by atoms with E-state index in [0.717, 1.165) is 32.4 Å². The summed E-state index contributed by atoms with van der Waals surface area (Å²) in [4.78, 5) is 22.0. The van der Waals surface area contributed by atoms with Gasteiger partial charge in [-0.2, -0.15) is 0 Å². The molecule has 2 aliphatic rings. The van der Waals surface area contributed by atoms with Crippen LogP contribution in [0.25, 0.3) is 0 Å². The van der Waals surface area contributed by atoms with Gasteiger partial charge in [0.15, 0.2) is 10.2 Å². The molecular formula is C15H24N4O4S2. The molecule has 2 heterocycles. The highest BCUT2D eigenvalue weighted by Gasteiger charge is 2.30. The van der Waals surface area contributed by atoms with Gasteiger partial charge in [-0.3, -0.25) is 9.59 Å². The van der Waals surface area contributed by atoms with Crippen molar-refractivity contribution in [1.29, 1.82) is 0 Å². The first kappa shape index (κ1) is 19.6. The minimum absolute atomic E-state index is 0.0166. The standard InChI is InChI=1S/C15H24N4O4S2/c20-12-10(8-22-12)2-6-18-14(24)16-4-1-5-17-15(25)19-7-3-11-9-23-13(11)21/h10-11H,1-9H2,(H2,16,18,24)(H2,17,19,25). The van der Waals surface area contributed by atoms with Crippen LogP contribution in [-0.2, 0) is 19.1 Å². The normalized spacial score (nSPS) is 21.1. The van der Waals surface area contributed by atoms with Gasteiger partial charge in [0.2, 0.25) is 0 Å². The molecule has 0 saturated carbocycles. The predicted molar refractivity (Wildman–Crippen MR) is 100.0 cm³/mol. The third kappa shape index (κ3) is 6.99. The molecule has 25 heavy (non-hydrogen) atoms. The number of cyclic esters (lactones) is 2. The second-order valence-corrected chi connectivity index (χ2v) is 6.77. The fraction of sp³-hybridized carbons (Fsp3) is 0.733. The van der Waals surface area contributed by atoms with Crippen molar-refractivity contribution in [3.63, 3.8) is 0 Å². The second-order valence-electron chi connectivity index (χ2n) is 5.95. The average Bonchev–Trinajstić information content (AvgIpc) is 2.59. The number of thiocarbonyl (C=S) groups is 2. The minimum Gasteiger partial charge on any atom is -0.464 e. The van der Waals surface area contributed by atoms with Crippen LogP contribution in [-0.4, -0.2) is 61.6 Å². The molecule has 0 amide bonds. The third-order valence-corrected chi connectivity index (χ3v) is 4.58. The first-order valence-electron chi connectivity index (χ1n) is 8.43. The molecule has 8 nitrogen and oxygen atoms in total. The number of nitrogens with one attached hydrogen (secondary N) is 4. The molecule has 10 heteroatoms. The van der Waals surface area contributed by atoms with E-state index >= 15 is 0 Å². The molecule has 2 rings (SSSR count). The molecule has 2 atom stereocenters. The van der Waals surface area contributed by atoms with Crippen LogP contribution in [0.2, 0.25) is 0 Å². The van der Waals surface area contributed by atoms with E-state index in [0.29, 0.717) is 36.5 Å². The molecule has 0 aromatic heterocycles. The molecule has 0 bridgehead atoms. The van der Waals surface area contributed by atoms with Gasteiger partial charge in [-0.05, 0) is 43.7 Å². The van der Waals surface area contributed by atoms with Crippen LogP contribution in [0.5, 0.6) is 0 Å². The van der Waals surface area contributed by atoms with E-state index in [4.69, 9.17) is 33.9 Å². The molecule has 0 aliphatic carbocycles. The molecule has 0 spiro atoms. The molecule has 0 radical (unpaired) electrons. The highest BCUT2D eigenvalue weighted by molar-refractivity contribution is 7.80. The van der Waals surface area contributed by atoms with Crippen LogP contribution in [0.4, 0.5) is 0 Å². The highest BCUT2D eigenvalue weighted by atomic mass is 32.1. The van der Waals surface area contributed by atoms with Crippen molar-refractivity contribution < 1.29 is 19.1 Å². The maximum atomic E-state index is 11.0. The number of esters is 2. The molecule has 2 fully saturated rings. The number of hydrogen-bond donors (Lipinski definition) is 4. The van der Waals surface area contributed by atoms with Crippen molar-refractivity contribution >= 4 is 46.6 Å². The lowest BCUT2D eigenvalue weighted by molar-refractivity contribution is -0.169. The van der Waals surface area contributed by atoms with Gasteiger partial charge in [0, 0.05) is 26.2 Å². The van der Waals surface area contributed by atoms with Crippen molar-refractivity contribution in [2.75, 3.05) is 39.4 Å². The lowest BCUT2D eigenvalue weighted by atomic mass is 10.0. The van der Waals surface area contributed by atoms with E-state index in [2.05, 4.69) is 21.3 Å². The predicted octanol–water partition coefficient (Wildman–Crippen LogP) is -0.569. The van der Waals surface area contributed by atoms with E-state index < -0.39 is 0 Å². The molecule has 4 N–H and O–H groups in total. The molecule has 2 saturated heterocycles. The number of carbonyl (C=O) groups is 2. The summed E-state index contributed by atoms with van der Waals surface area (Å²) < 4.78 is 9.41. The van der Waals surface area contributed by atoms with E-state index in [1.807, 2.05) is 0 Å². The molecule has 0 aromatic carbocycles. The van der Waals surface area contributed by atoms with Gasteiger partial charge in [-0.25, -0.2) is 0 Å². The first-order valence-corrected chi connectivity index (χ1v) is 9.24. The lowest BCUT2D eigenvalue weighted by Crippen LogP contribution is -2.42. The number of carbonyl (C=O) groups excluding carboxylic acids is 2. The summed E-state index contributed by atoms with van der Waals surface area (Å²) in [5.41, 5.74) is 0. The smallest absolute Gasteiger partial charge is 0.312 e. The van der Waals surface area contributed by atoms with Gasteiger partial charge in [-0.15, -0.1) is 0 Å². The van der Waals surface area contributed by atoms with Crippen LogP contribution in [0.15, 0.2) is 0 Å². The van der Waals surface area contributed by atoms with Crippen LogP contribution in [0.1, 0.15) is 19.3 Å². The summed E-state index contributed by atoms with van der Waals surface area (Å²) in [5, 5.41) is 13.5. The van der Waals surface area contributed by atoms with Crippen molar-refractivity contribution in [3.8, 4) is 0 Å². The number of hydrogen-bond acceptors (Lipinski definition) is 6. The third-order valence-electron chi connectivity index (χ3n) is 4.00. The minimum atomic E-state index is -0.121. The topological polar surface area (TPSA) is 101 Å². The Balaban J connectivity index is 1.36. The summed E-state index contributed by atoms with van der Waals surface area (Å²) in [6.45, 7) is 3.80. The molecule has 2 aliphatic heterocycles. The number of ether oxygens (including phenoxy) is 2. The van der Waals surface area contributed by atoms with E-state index in [9.17, 15) is 9.59 Å². The zero-order valence-corrected chi connectivity index (χ0v) is 15.6. The van der Waals surface area contributed by atoms with Crippen molar-refractivity contribution in [1.82, 2.24) is 21.3 Å². The molecule has 0 aromatic rings. The Labute approximate surface area is 157 Å². The Morgan fingerprint density at radius 1 is 0.800 bits per heavy atom. The van der Waals surface area contributed by atoms with Crippen molar-refractivity contribution in [2.45, 2.75) is 19.3 Å². The van der Waals surface area contributed by atoms with Gasteiger partial charge in [0.05, 0.1) is 11.8 Å².